The van der Waals surface area contributed by atoms with E-state index in [4.69, 9.17) is 0 Å². The molecule has 1 aliphatic carbocycles. The topological polar surface area (TPSA) is 3.24 Å². The van der Waals surface area contributed by atoms with Gasteiger partial charge in [-0.05, 0) is 110 Å². The molecule has 9 aromatic rings. The van der Waals surface area contributed by atoms with Crippen molar-refractivity contribution in [1.82, 2.24) is 0 Å². The summed E-state index contributed by atoms with van der Waals surface area (Å²) < 4.78 is 2.68. The molecule has 0 atom stereocenters. The fraction of sp³-hybridized carbons (Fsp3) is 0.0417. The molecule has 1 aliphatic rings. The van der Waals surface area contributed by atoms with Gasteiger partial charge in [0.15, 0.2) is 0 Å². The van der Waals surface area contributed by atoms with Crippen LogP contribution in [0.25, 0.3) is 70.0 Å². The van der Waals surface area contributed by atoms with E-state index in [0.29, 0.717) is 0 Å². The first-order valence-electron chi connectivity index (χ1n) is 17.4. The normalized spacial score (nSPS) is 12.6. The largest absolute Gasteiger partial charge is 0.310 e. The second-order valence-electron chi connectivity index (χ2n) is 13.2. The van der Waals surface area contributed by atoms with E-state index in [1.807, 2.05) is 11.3 Å². The van der Waals surface area contributed by atoms with Crippen LogP contribution in [0.3, 0.4) is 0 Å². The maximum Gasteiger partial charge on any atom is 0.0506 e. The van der Waals surface area contributed by atoms with Crippen LogP contribution in [0.4, 0.5) is 17.1 Å². The third-order valence-electron chi connectivity index (χ3n) is 10.3. The number of nitrogens with zero attached hydrogens (tertiary/aromatic N) is 1. The highest BCUT2D eigenvalue weighted by Crippen LogP contribution is 2.45. The van der Waals surface area contributed by atoms with Crippen molar-refractivity contribution in [2.75, 3.05) is 4.90 Å². The predicted octanol–water partition coefficient (Wildman–Crippen LogP) is 14.1. The van der Waals surface area contributed by atoms with E-state index in [9.17, 15) is 0 Å². The molecule has 0 unspecified atom stereocenters. The van der Waals surface area contributed by atoms with Gasteiger partial charge in [-0.25, -0.2) is 0 Å². The van der Waals surface area contributed by atoms with E-state index >= 15 is 0 Å². The van der Waals surface area contributed by atoms with Gasteiger partial charge in [-0.2, -0.15) is 0 Å². The molecule has 0 saturated heterocycles. The Kier molecular flexibility index (Phi) is 6.89. The standard InChI is InChI=1S/C48H33NS/c1-2-12-34-29-36(24-23-32(34)11-1)35-14-9-15-39(30-35)49(46-31-37-13-3-4-16-40(37)42-17-5-6-18-43(42)46)38-27-25-33(26-28-38)41-20-10-21-45-44-19-7-8-22-47(44)50-48(41)45/h1-5,7-17,19-31H,6,18H2. The van der Waals surface area contributed by atoms with Crippen molar-refractivity contribution in [2.24, 2.45) is 0 Å². The van der Waals surface area contributed by atoms with Gasteiger partial charge in [0.05, 0.1) is 5.69 Å². The van der Waals surface area contributed by atoms with Crippen LogP contribution in [0.5, 0.6) is 0 Å². The summed E-state index contributed by atoms with van der Waals surface area (Å²) >= 11 is 1.89. The fourth-order valence-corrected chi connectivity index (χ4v) is 9.11. The molecule has 236 valence electrons. The Labute approximate surface area is 296 Å². The molecule has 0 radical (unpaired) electrons. The Bertz CT molecular complexity index is 2770. The fourth-order valence-electron chi connectivity index (χ4n) is 7.87. The van der Waals surface area contributed by atoms with Crippen molar-refractivity contribution in [3.63, 3.8) is 0 Å². The van der Waals surface area contributed by atoms with Gasteiger partial charge >= 0.3 is 0 Å². The lowest BCUT2D eigenvalue weighted by atomic mass is 9.89. The van der Waals surface area contributed by atoms with Gasteiger partial charge < -0.3 is 4.90 Å². The molecule has 0 spiro atoms. The van der Waals surface area contributed by atoms with Gasteiger partial charge in [0.25, 0.3) is 0 Å². The number of allylic oxidation sites excluding steroid dienone is 1. The van der Waals surface area contributed by atoms with Crippen LogP contribution in [0, 0.1) is 0 Å². The quantitative estimate of drug-likeness (QED) is 0.178. The van der Waals surface area contributed by atoms with E-state index < -0.39 is 0 Å². The minimum absolute atomic E-state index is 1.01. The summed E-state index contributed by atoms with van der Waals surface area (Å²) in [6.07, 6.45) is 6.72. The van der Waals surface area contributed by atoms with E-state index in [2.05, 4.69) is 181 Å². The first kappa shape index (κ1) is 29.0. The monoisotopic (exact) mass is 655 g/mol. The van der Waals surface area contributed by atoms with Crippen LogP contribution < -0.4 is 4.90 Å². The molecule has 0 aliphatic heterocycles. The maximum atomic E-state index is 2.48. The van der Waals surface area contributed by atoms with Gasteiger partial charge in [-0.3, -0.25) is 0 Å². The third-order valence-corrected chi connectivity index (χ3v) is 11.5. The number of rotatable bonds is 5. The zero-order valence-electron chi connectivity index (χ0n) is 27.5. The number of hydrogen-bond acceptors (Lipinski definition) is 2. The second kappa shape index (κ2) is 11.9. The average Bonchev–Trinajstić information content (AvgIpc) is 3.57. The molecular weight excluding hydrogens is 623 g/mol. The summed E-state index contributed by atoms with van der Waals surface area (Å²) in [6.45, 7) is 0. The van der Waals surface area contributed by atoms with Crippen LogP contribution in [-0.4, -0.2) is 0 Å². The van der Waals surface area contributed by atoms with Crippen molar-refractivity contribution in [2.45, 2.75) is 12.8 Å². The third kappa shape index (κ3) is 4.83. The molecule has 1 heterocycles. The van der Waals surface area contributed by atoms with Gasteiger partial charge in [-0.1, -0.05) is 133 Å². The minimum atomic E-state index is 1.01. The van der Waals surface area contributed by atoms with Crippen LogP contribution in [-0.2, 0) is 6.42 Å². The lowest BCUT2D eigenvalue weighted by molar-refractivity contribution is 0.983. The highest BCUT2D eigenvalue weighted by Gasteiger charge is 2.22. The Morgan fingerprint density at radius 1 is 0.480 bits per heavy atom. The zero-order chi connectivity index (χ0) is 33.0. The first-order chi connectivity index (χ1) is 24.8. The number of fused-ring (bicyclic) bond motifs is 7. The van der Waals surface area contributed by atoms with Crippen molar-refractivity contribution in [3.8, 4) is 22.3 Å². The van der Waals surface area contributed by atoms with Gasteiger partial charge in [0.2, 0.25) is 0 Å². The van der Waals surface area contributed by atoms with Crippen LogP contribution in [0.1, 0.15) is 17.5 Å². The highest BCUT2D eigenvalue weighted by molar-refractivity contribution is 7.26. The average molecular weight is 656 g/mol. The molecule has 0 fully saturated rings. The molecule has 1 aromatic heterocycles. The molecule has 50 heavy (non-hydrogen) atoms. The molecule has 0 saturated carbocycles. The minimum Gasteiger partial charge on any atom is -0.310 e. The van der Waals surface area contributed by atoms with E-state index in [0.717, 1.165) is 24.2 Å². The first-order valence-corrected chi connectivity index (χ1v) is 18.2. The lowest BCUT2D eigenvalue weighted by Crippen LogP contribution is -2.14. The van der Waals surface area contributed by atoms with Crippen LogP contribution in [0.15, 0.2) is 170 Å². The number of anilines is 3. The second-order valence-corrected chi connectivity index (χ2v) is 14.3. The summed E-state index contributed by atoms with van der Waals surface area (Å²) in [4.78, 5) is 2.48. The molecule has 0 N–H and O–H groups in total. The number of benzene rings is 8. The van der Waals surface area contributed by atoms with E-state index in [1.54, 1.807) is 0 Å². The molecule has 0 bridgehead atoms. The summed E-state index contributed by atoms with van der Waals surface area (Å²) in [5.74, 6) is 0. The summed E-state index contributed by atoms with van der Waals surface area (Å²) in [5, 5.41) is 7.76. The molecule has 0 amide bonds. The van der Waals surface area contributed by atoms with E-state index in [1.165, 1.54) is 80.8 Å². The lowest BCUT2D eigenvalue weighted by Gasteiger charge is -2.30. The number of thiophene rings is 1. The molecule has 8 aromatic carbocycles. The van der Waals surface area contributed by atoms with Gasteiger partial charge in [0.1, 0.15) is 0 Å². The Morgan fingerprint density at radius 3 is 2.10 bits per heavy atom. The Morgan fingerprint density at radius 2 is 1.20 bits per heavy atom. The molecule has 2 heteroatoms. The van der Waals surface area contributed by atoms with Crippen LogP contribution in [0.2, 0.25) is 0 Å². The summed E-state index contributed by atoms with van der Waals surface area (Å²) in [6, 6.07) is 60.4. The Hall–Kier alpha value is -5.96. The predicted molar refractivity (Wildman–Crippen MR) is 217 cm³/mol. The maximum absolute atomic E-state index is 2.48. The molecule has 1 nitrogen and oxygen atoms in total. The number of hydrogen-bond donors (Lipinski definition) is 0. The van der Waals surface area contributed by atoms with Crippen molar-refractivity contribution in [1.29, 1.82) is 0 Å². The van der Waals surface area contributed by atoms with E-state index in [-0.39, 0.29) is 0 Å². The summed E-state index contributed by atoms with van der Waals surface area (Å²) in [7, 11) is 0. The molecular formula is C48H33NS. The molecule has 10 rings (SSSR count). The van der Waals surface area contributed by atoms with Crippen molar-refractivity contribution >= 4 is 76.2 Å². The smallest absolute Gasteiger partial charge is 0.0506 e. The highest BCUT2D eigenvalue weighted by atomic mass is 32.1. The van der Waals surface area contributed by atoms with Crippen LogP contribution >= 0.6 is 11.3 Å². The SMILES string of the molecule is C1=Cc2c(c(N(c3ccc(-c4cccc5c4sc4ccccc45)cc3)c3cccc(-c4ccc5ccccc5c4)c3)cc3ccccc23)CC1. The van der Waals surface area contributed by atoms with Gasteiger partial charge in [-0.15, -0.1) is 11.3 Å². The van der Waals surface area contributed by atoms with Crippen molar-refractivity contribution < 1.29 is 0 Å². The summed E-state index contributed by atoms with van der Waals surface area (Å²) in [5.41, 5.74) is 11.3. The Balaban J connectivity index is 1.15. The van der Waals surface area contributed by atoms with Crippen molar-refractivity contribution in [3.05, 3.63) is 181 Å². The van der Waals surface area contributed by atoms with Gasteiger partial charge in [0, 0.05) is 31.5 Å². The zero-order valence-corrected chi connectivity index (χ0v) is 28.3.